The minimum Gasteiger partial charge on any atom is -0.495 e. The summed E-state index contributed by atoms with van der Waals surface area (Å²) in [6.45, 7) is 3.88. The summed E-state index contributed by atoms with van der Waals surface area (Å²) in [6, 6.07) is 19.6. The highest BCUT2D eigenvalue weighted by atomic mass is 32.2. The number of methoxy groups -OCH3 is 1. The number of hydrogen-bond donors (Lipinski definition) is 2. The van der Waals surface area contributed by atoms with Crippen molar-refractivity contribution in [2.75, 3.05) is 29.8 Å². The number of amides is 2. The molecule has 0 aliphatic heterocycles. The quantitative estimate of drug-likeness (QED) is 0.374. The van der Waals surface area contributed by atoms with Gasteiger partial charge in [-0.2, -0.15) is 0 Å². The van der Waals surface area contributed by atoms with Crippen molar-refractivity contribution in [2.24, 2.45) is 0 Å². The zero-order chi connectivity index (χ0) is 26.1. The molecule has 0 aliphatic rings. The Balaban J connectivity index is 1.92. The second-order valence-electron chi connectivity index (χ2n) is 8.20. The molecular weight excluding hydrogens is 478 g/mol. The molecule has 0 bridgehead atoms. The summed E-state index contributed by atoms with van der Waals surface area (Å²) in [5.41, 5.74) is 1.72. The highest BCUT2D eigenvalue weighted by Gasteiger charge is 2.29. The van der Waals surface area contributed by atoms with Gasteiger partial charge in [-0.1, -0.05) is 55.3 Å². The largest absolute Gasteiger partial charge is 0.495 e. The van der Waals surface area contributed by atoms with Crippen LogP contribution in [0.3, 0.4) is 0 Å². The van der Waals surface area contributed by atoms with Crippen LogP contribution < -0.4 is 19.7 Å². The third-order valence-corrected chi connectivity index (χ3v) is 7.29. The van der Waals surface area contributed by atoms with Crippen LogP contribution in [0.25, 0.3) is 0 Å². The van der Waals surface area contributed by atoms with E-state index in [1.807, 2.05) is 13.8 Å². The normalized spacial score (nSPS) is 11.0. The van der Waals surface area contributed by atoms with Crippen molar-refractivity contribution in [3.8, 4) is 5.75 Å². The van der Waals surface area contributed by atoms with Crippen LogP contribution in [0.1, 0.15) is 35.7 Å². The zero-order valence-electron chi connectivity index (χ0n) is 20.7. The molecule has 0 saturated heterocycles. The Labute approximate surface area is 212 Å². The Kier molecular flexibility index (Phi) is 9.08. The summed E-state index contributed by atoms with van der Waals surface area (Å²) in [7, 11) is -2.69. The molecule has 190 valence electrons. The summed E-state index contributed by atoms with van der Waals surface area (Å²) in [6.07, 6.45) is 1.78. The number of unbranched alkanes of at least 4 members (excludes halogenated alkanes) is 1. The lowest BCUT2D eigenvalue weighted by Gasteiger charge is -2.26. The van der Waals surface area contributed by atoms with Crippen molar-refractivity contribution < 1.29 is 22.7 Å². The van der Waals surface area contributed by atoms with Crippen LogP contribution in [0, 0.1) is 6.92 Å². The van der Waals surface area contributed by atoms with E-state index in [0.717, 1.165) is 22.7 Å². The number of anilines is 2. The van der Waals surface area contributed by atoms with Crippen molar-refractivity contribution in [3.63, 3.8) is 0 Å². The molecule has 0 fully saturated rings. The van der Waals surface area contributed by atoms with Gasteiger partial charge in [0.25, 0.3) is 15.9 Å². The van der Waals surface area contributed by atoms with Crippen molar-refractivity contribution in [1.29, 1.82) is 0 Å². The van der Waals surface area contributed by atoms with Crippen LogP contribution in [-0.4, -0.2) is 40.4 Å². The summed E-state index contributed by atoms with van der Waals surface area (Å²) in [5.74, 6) is -0.615. The second-order valence-corrected chi connectivity index (χ2v) is 10.1. The van der Waals surface area contributed by atoms with Crippen molar-refractivity contribution in [2.45, 2.75) is 31.6 Å². The number of ether oxygens (including phenoxy) is 1. The first-order valence-corrected chi connectivity index (χ1v) is 13.1. The fourth-order valence-electron chi connectivity index (χ4n) is 3.56. The molecule has 3 aromatic carbocycles. The second kappa shape index (κ2) is 12.2. The van der Waals surface area contributed by atoms with E-state index in [0.29, 0.717) is 23.5 Å². The highest BCUT2D eigenvalue weighted by molar-refractivity contribution is 7.92. The number of hydrogen-bond acceptors (Lipinski definition) is 5. The molecule has 0 heterocycles. The Morgan fingerprint density at radius 3 is 2.31 bits per heavy atom. The summed E-state index contributed by atoms with van der Waals surface area (Å²) in [5, 5.41) is 5.54. The van der Waals surface area contributed by atoms with Gasteiger partial charge in [0, 0.05) is 6.54 Å². The van der Waals surface area contributed by atoms with Gasteiger partial charge in [-0.05, 0) is 49.7 Å². The average Bonchev–Trinajstić information content (AvgIpc) is 2.88. The van der Waals surface area contributed by atoms with E-state index < -0.39 is 22.5 Å². The van der Waals surface area contributed by atoms with Crippen molar-refractivity contribution in [3.05, 3.63) is 83.9 Å². The summed E-state index contributed by atoms with van der Waals surface area (Å²) in [4.78, 5) is 25.9. The zero-order valence-corrected chi connectivity index (χ0v) is 21.5. The third-order valence-electron chi connectivity index (χ3n) is 5.51. The number of nitrogens with one attached hydrogen (secondary N) is 2. The number of rotatable bonds is 11. The number of carbonyl (C=O) groups is 2. The molecule has 3 rings (SSSR count). The first kappa shape index (κ1) is 26.7. The maximum atomic E-state index is 13.6. The van der Waals surface area contributed by atoms with E-state index in [2.05, 4.69) is 10.6 Å². The molecule has 0 unspecified atom stereocenters. The Morgan fingerprint density at radius 2 is 1.61 bits per heavy atom. The fraction of sp³-hybridized carbons (Fsp3) is 0.259. The van der Waals surface area contributed by atoms with E-state index in [1.165, 1.54) is 19.2 Å². The van der Waals surface area contributed by atoms with Gasteiger partial charge in [-0.25, -0.2) is 8.42 Å². The van der Waals surface area contributed by atoms with Gasteiger partial charge in [0.2, 0.25) is 5.91 Å². The van der Waals surface area contributed by atoms with Crippen LogP contribution in [0.4, 0.5) is 11.4 Å². The van der Waals surface area contributed by atoms with Crippen LogP contribution in [-0.2, 0) is 14.8 Å². The Bertz CT molecular complexity index is 1310. The lowest BCUT2D eigenvalue weighted by molar-refractivity contribution is -0.114. The number of carbonyl (C=O) groups excluding carboxylic acids is 2. The molecule has 2 N–H and O–H groups in total. The van der Waals surface area contributed by atoms with Gasteiger partial charge in [-0.3, -0.25) is 13.9 Å². The number of aryl methyl sites for hydroxylation is 1. The molecule has 0 aromatic heterocycles. The lowest BCUT2D eigenvalue weighted by Crippen LogP contribution is -2.38. The maximum Gasteiger partial charge on any atom is 0.264 e. The van der Waals surface area contributed by atoms with Gasteiger partial charge in [0.15, 0.2) is 0 Å². The molecule has 0 atom stereocenters. The van der Waals surface area contributed by atoms with Crippen LogP contribution in [0.15, 0.2) is 77.7 Å². The predicted molar refractivity (Wildman–Crippen MR) is 141 cm³/mol. The minimum atomic E-state index is -4.12. The SMILES string of the molecule is CCCCNC(=O)c1ccccc1NC(=O)CN(c1ccccc1OC)S(=O)(=O)c1ccc(C)cc1. The van der Waals surface area contributed by atoms with Crippen LogP contribution in [0.5, 0.6) is 5.75 Å². The molecule has 2 amide bonds. The lowest BCUT2D eigenvalue weighted by atomic mass is 10.1. The van der Waals surface area contributed by atoms with E-state index in [-0.39, 0.29) is 16.5 Å². The topological polar surface area (TPSA) is 105 Å². The monoisotopic (exact) mass is 509 g/mol. The van der Waals surface area contributed by atoms with E-state index in [1.54, 1.807) is 60.7 Å². The van der Waals surface area contributed by atoms with E-state index in [4.69, 9.17) is 4.74 Å². The van der Waals surface area contributed by atoms with E-state index >= 15 is 0 Å². The predicted octanol–water partition coefficient (Wildman–Crippen LogP) is 4.37. The summed E-state index contributed by atoms with van der Waals surface area (Å²) < 4.78 is 33.7. The smallest absolute Gasteiger partial charge is 0.264 e. The standard InChI is InChI=1S/C27H31N3O5S/c1-4-5-18-28-27(32)22-10-6-7-11-23(22)29-26(31)19-30(24-12-8-9-13-25(24)35-3)36(33,34)21-16-14-20(2)15-17-21/h6-17H,4-5,18-19H2,1-3H3,(H,28,32)(H,29,31). The molecule has 8 nitrogen and oxygen atoms in total. The third kappa shape index (κ3) is 6.42. The highest BCUT2D eigenvalue weighted by Crippen LogP contribution is 2.32. The van der Waals surface area contributed by atoms with Gasteiger partial charge < -0.3 is 15.4 Å². The van der Waals surface area contributed by atoms with Crippen LogP contribution in [0.2, 0.25) is 0 Å². The van der Waals surface area contributed by atoms with Gasteiger partial charge in [-0.15, -0.1) is 0 Å². The Hall–Kier alpha value is -3.85. The number of benzene rings is 3. The molecule has 0 saturated carbocycles. The van der Waals surface area contributed by atoms with Crippen molar-refractivity contribution >= 4 is 33.2 Å². The Morgan fingerprint density at radius 1 is 0.944 bits per heavy atom. The number of nitrogens with zero attached hydrogens (tertiary/aromatic N) is 1. The molecule has 36 heavy (non-hydrogen) atoms. The molecule has 9 heteroatoms. The number of para-hydroxylation sites is 3. The fourth-order valence-corrected chi connectivity index (χ4v) is 4.99. The van der Waals surface area contributed by atoms with Gasteiger partial charge in [0.1, 0.15) is 12.3 Å². The first-order chi connectivity index (χ1) is 17.3. The van der Waals surface area contributed by atoms with Gasteiger partial charge >= 0.3 is 0 Å². The molecule has 0 radical (unpaired) electrons. The average molecular weight is 510 g/mol. The maximum absolute atomic E-state index is 13.6. The minimum absolute atomic E-state index is 0.0440. The number of sulfonamides is 1. The molecule has 0 spiro atoms. The first-order valence-electron chi connectivity index (χ1n) is 11.7. The molecular formula is C27H31N3O5S. The summed E-state index contributed by atoms with van der Waals surface area (Å²) >= 11 is 0. The molecule has 0 aliphatic carbocycles. The molecule has 3 aromatic rings. The van der Waals surface area contributed by atoms with Gasteiger partial charge in [0.05, 0.1) is 28.9 Å². The van der Waals surface area contributed by atoms with Crippen molar-refractivity contribution in [1.82, 2.24) is 5.32 Å². The van der Waals surface area contributed by atoms with E-state index in [9.17, 15) is 18.0 Å². The van der Waals surface area contributed by atoms with Crippen LogP contribution >= 0.6 is 0 Å².